The van der Waals surface area contributed by atoms with Crippen molar-refractivity contribution in [2.24, 2.45) is 0 Å². The van der Waals surface area contributed by atoms with Crippen LogP contribution in [0.3, 0.4) is 0 Å². The van der Waals surface area contributed by atoms with Crippen molar-refractivity contribution < 1.29 is 19.0 Å². The van der Waals surface area contributed by atoms with Gasteiger partial charge in [0.25, 0.3) is 0 Å². The Morgan fingerprint density at radius 2 is 1.65 bits per heavy atom. The molecule has 0 aliphatic carbocycles. The molecular weight excluding hydrogens is 424 g/mol. The molecule has 4 heteroatoms. The predicted molar refractivity (Wildman–Crippen MR) is 134 cm³/mol. The maximum atomic E-state index is 12.4. The lowest BCUT2D eigenvalue weighted by molar-refractivity contribution is -0.130. The smallest absolute Gasteiger partial charge is 0.343 e. The van der Waals surface area contributed by atoms with Gasteiger partial charge < -0.3 is 14.2 Å². The number of cyclic esters (lactones) is 1. The van der Waals surface area contributed by atoms with Gasteiger partial charge in [0.1, 0.15) is 12.4 Å². The van der Waals surface area contributed by atoms with Crippen LogP contribution in [0.15, 0.2) is 96.6 Å². The van der Waals surface area contributed by atoms with Gasteiger partial charge in [-0.3, -0.25) is 0 Å². The number of rotatable bonds is 6. The minimum Gasteiger partial charge on any atom is -0.493 e. The first kappa shape index (κ1) is 21.5. The van der Waals surface area contributed by atoms with Crippen molar-refractivity contribution in [3.05, 3.63) is 119 Å². The Morgan fingerprint density at radius 3 is 2.44 bits per heavy atom. The molecule has 0 N–H and O–H groups in total. The summed E-state index contributed by atoms with van der Waals surface area (Å²) in [4.78, 5) is 12.4. The highest BCUT2D eigenvalue weighted by Gasteiger charge is 2.22. The highest BCUT2D eigenvalue weighted by Crippen LogP contribution is 2.32. The summed E-state index contributed by atoms with van der Waals surface area (Å²) < 4.78 is 17.1. The molecule has 1 aliphatic rings. The van der Waals surface area contributed by atoms with E-state index in [1.54, 1.807) is 19.3 Å². The van der Waals surface area contributed by atoms with E-state index in [4.69, 9.17) is 14.2 Å². The summed E-state index contributed by atoms with van der Waals surface area (Å²) in [6, 6.07) is 28.0. The summed E-state index contributed by atoms with van der Waals surface area (Å²) in [7, 11) is 1.61. The lowest BCUT2D eigenvalue weighted by Gasteiger charge is -2.12. The van der Waals surface area contributed by atoms with E-state index in [1.807, 2.05) is 61.5 Å². The van der Waals surface area contributed by atoms with Gasteiger partial charge in [-0.05, 0) is 59.2 Å². The second-order valence-corrected chi connectivity index (χ2v) is 8.24. The van der Waals surface area contributed by atoms with E-state index >= 15 is 0 Å². The van der Waals surface area contributed by atoms with Crippen molar-refractivity contribution in [2.75, 3.05) is 7.11 Å². The molecule has 0 unspecified atom stereocenters. The Labute approximate surface area is 198 Å². The number of aryl methyl sites for hydroxylation is 1. The van der Waals surface area contributed by atoms with Crippen molar-refractivity contribution in [1.82, 2.24) is 0 Å². The van der Waals surface area contributed by atoms with E-state index in [2.05, 4.69) is 30.3 Å². The zero-order valence-electron chi connectivity index (χ0n) is 19.1. The Balaban J connectivity index is 1.34. The topological polar surface area (TPSA) is 44.8 Å². The Kier molecular flexibility index (Phi) is 5.88. The van der Waals surface area contributed by atoms with Gasteiger partial charge in [0.2, 0.25) is 0 Å². The van der Waals surface area contributed by atoms with Crippen LogP contribution in [0, 0.1) is 6.92 Å². The van der Waals surface area contributed by atoms with Crippen LogP contribution in [0.2, 0.25) is 0 Å². The molecule has 5 rings (SSSR count). The van der Waals surface area contributed by atoms with Gasteiger partial charge in [0.15, 0.2) is 11.5 Å². The molecular formula is C30H24O4. The fourth-order valence-electron chi connectivity index (χ4n) is 3.91. The van der Waals surface area contributed by atoms with Gasteiger partial charge in [-0.1, -0.05) is 72.3 Å². The molecule has 0 radical (unpaired) electrons. The first-order valence-electron chi connectivity index (χ1n) is 11.1. The molecule has 0 saturated carbocycles. The predicted octanol–water partition coefficient (Wildman–Crippen LogP) is 6.72. The zero-order valence-corrected chi connectivity index (χ0v) is 19.1. The normalized spacial score (nSPS) is 14.2. The Bertz CT molecular complexity index is 1430. The molecule has 4 aromatic rings. The Hall–Kier alpha value is -4.31. The van der Waals surface area contributed by atoms with Gasteiger partial charge in [-0.2, -0.15) is 0 Å². The van der Waals surface area contributed by atoms with E-state index in [0.29, 0.717) is 29.4 Å². The average molecular weight is 449 g/mol. The third-order valence-corrected chi connectivity index (χ3v) is 5.78. The van der Waals surface area contributed by atoms with Crippen molar-refractivity contribution in [1.29, 1.82) is 0 Å². The van der Waals surface area contributed by atoms with Crippen molar-refractivity contribution in [2.45, 2.75) is 13.5 Å². The molecule has 0 aromatic heterocycles. The second-order valence-electron chi connectivity index (χ2n) is 8.24. The van der Waals surface area contributed by atoms with Gasteiger partial charge in [0.05, 0.1) is 12.7 Å². The van der Waals surface area contributed by atoms with Crippen LogP contribution in [0.25, 0.3) is 22.6 Å². The number of esters is 1. The van der Waals surface area contributed by atoms with E-state index in [9.17, 15) is 4.79 Å². The van der Waals surface area contributed by atoms with Crippen LogP contribution in [0.1, 0.15) is 22.3 Å². The number of benzene rings is 4. The molecule has 168 valence electrons. The number of carbonyl (C=O) groups excluding carboxylic acids is 1. The van der Waals surface area contributed by atoms with Gasteiger partial charge in [-0.15, -0.1) is 0 Å². The average Bonchev–Trinajstić information content (AvgIpc) is 3.23. The first-order valence-corrected chi connectivity index (χ1v) is 11.1. The summed E-state index contributed by atoms with van der Waals surface area (Å²) in [5, 5.41) is 2.38. The number of carbonyl (C=O) groups is 1. The quantitative estimate of drug-likeness (QED) is 0.243. The van der Waals surface area contributed by atoms with Crippen molar-refractivity contribution in [3.63, 3.8) is 0 Å². The highest BCUT2D eigenvalue weighted by molar-refractivity contribution is 6.05. The standard InChI is InChI=1S/C30H24O4/c1-20-7-11-24(12-8-20)28-18-26(30(31)34-28)15-21-10-14-27(29(17-21)32-2)33-19-22-9-13-23-5-3-4-6-25(23)16-22/h3-18H,19H2,1-2H3. The molecule has 4 aromatic carbocycles. The van der Waals surface area contributed by atoms with Crippen LogP contribution in [0.5, 0.6) is 11.5 Å². The van der Waals surface area contributed by atoms with Crippen LogP contribution in [-0.4, -0.2) is 13.1 Å². The molecule has 1 aliphatic heterocycles. The number of hydrogen-bond donors (Lipinski definition) is 0. The zero-order chi connectivity index (χ0) is 23.5. The third kappa shape index (κ3) is 4.57. The minimum atomic E-state index is -0.369. The van der Waals surface area contributed by atoms with Crippen LogP contribution < -0.4 is 9.47 Å². The number of fused-ring (bicyclic) bond motifs is 1. The van der Waals surface area contributed by atoms with Crippen LogP contribution in [0.4, 0.5) is 0 Å². The maximum absolute atomic E-state index is 12.4. The first-order chi connectivity index (χ1) is 16.6. The molecule has 0 fully saturated rings. The summed E-state index contributed by atoms with van der Waals surface area (Å²) in [6.45, 7) is 2.45. The lowest BCUT2D eigenvalue weighted by Crippen LogP contribution is -1.99. The SMILES string of the molecule is COc1cc(C=C2C=C(c3ccc(C)cc3)OC2=O)ccc1OCc1ccc2ccccc2c1. The molecule has 0 amide bonds. The van der Waals surface area contributed by atoms with Crippen LogP contribution >= 0.6 is 0 Å². The van der Waals surface area contributed by atoms with E-state index in [0.717, 1.165) is 22.3 Å². The molecule has 0 bridgehead atoms. The lowest BCUT2D eigenvalue weighted by atomic mass is 10.1. The largest absolute Gasteiger partial charge is 0.493 e. The molecule has 4 nitrogen and oxygen atoms in total. The third-order valence-electron chi connectivity index (χ3n) is 5.78. The van der Waals surface area contributed by atoms with Gasteiger partial charge in [0, 0.05) is 5.56 Å². The van der Waals surface area contributed by atoms with Crippen molar-refractivity contribution >= 4 is 28.6 Å². The molecule has 34 heavy (non-hydrogen) atoms. The van der Waals surface area contributed by atoms with Gasteiger partial charge in [-0.25, -0.2) is 4.79 Å². The maximum Gasteiger partial charge on any atom is 0.343 e. The molecule has 0 atom stereocenters. The fourth-order valence-corrected chi connectivity index (χ4v) is 3.91. The molecule has 0 spiro atoms. The summed E-state index contributed by atoms with van der Waals surface area (Å²) >= 11 is 0. The van der Waals surface area contributed by atoms with E-state index in [-0.39, 0.29) is 5.97 Å². The monoisotopic (exact) mass is 448 g/mol. The minimum absolute atomic E-state index is 0.369. The molecule has 0 saturated heterocycles. The summed E-state index contributed by atoms with van der Waals surface area (Å²) in [6.07, 6.45) is 3.56. The second kappa shape index (κ2) is 9.28. The van der Waals surface area contributed by atoms with E-state index in [1.165, 1.54) is 10.8 Å². The van der Waals surface area contributed by atoms with Crippen LogP contribution in [-0.2, 0) is 16.1 Å². The Morgan fingerprint density at radius 1 is 0.853 bits per heavy atom. The summed E-state index contributed by atoms with van der Waals surface area (Å²) in [5.74, 6) is 1.43. The van der Waals surface area contributed by atoms with E-state index < -0.39 is 0 Å². The van der Waals surface area contributed by atoms with Crippen molar-refractivity contribution in [3.8, 4) is 11.5 Å². The fraction of sp³-hybridized carbons (Fsp3) is 0.100. The highest BCUT2D eigenvalue weighted by atomic mass is 16.5. The number of hydrogen-bond acceptors (Lipinski definition) is 4. The molecule has 1 heterocycles. The van der Waals surface area contributed by atoms with Gasteiger partial charge >= 0.3 is 5.97 Å². The summed E-state index contributed by atoms with van der Waals surface area (Å²) in [5.41, 5.74) is 4.41. The number of ether oxygens (including phenoxy) is 3. The number of methoxy groups -OCH3 is 1.